The molecule has 2 heterocycles. The van der Waals surface area contributed by atoms with E-state index < -0.39 is 0 Å². The van der Waals surface area contributed by atoms with E-state index in [1.807, 2.05) is 26.0 Å². The normalized spacial score (nSPS) is 10.3. The molecule has 0 radical (unpaired) electrons. The third kappa shape index (κ3) is 3.41. The van der Waals surface area contributed by atoms with Gasteiger partial charge in [-0.05, 0) is 41.4 Å². The molecule has 0 saturated carbocycles. The molecule has 0 aliphatic heterocycles. The van der Waals surface area contributed by atoms with Crippen LogP contribution in [0.3, 0.4) is 0 Å². The van der Waals surface area contributed by atoms with Crippen LogP contribution in [0.2, 0.25) is 0 Å². The van der Waals surface area contributed by atoms with E-state index in [0.717, 1.165) is 33.9 Å². The summed E-state index contributed by atoms with van der Waals surface area (Å²) in [4.78, 5) is 12.8. The minimum atomic E-state index is 0.633. The fourth-order valence-electron chi connectivity index (χ4n) is 1.65. The van der Waals surface area contributed by atoms with E-state index >= 15 is 0 Å². The summed E-state index contributed by atoms with van der Waals surface area (Å²) in [5.41, 5.74) is 2.17. The predicted octanol–water partition coefficient (Wildman–Crippen LogP) is 2.99. The van der Waals surface area contributed by atoms with Crippen molar-refractivity contribution in [3.05, 3.63) is 40.4 Å². The molecule has 5 nitrogen and oxygen atoms in total. The SMILES string of the molecule is CCNc1ncnc(NCc2ncccc2C)c1Br. The maximum Gasteiger partial charge on any atom is 0.146 e. The standard InChI is InChI=1S/C13H16BrN5/c1-3-15-12-11(14)13(19-8-18-12)17-7-10-9(2)5-4-6-16-10/h4-6,8H,3,7H2,1-2H3,(H2,15,17,18,19). The van der Waals surface area contributed by atoms with Crippen LogP contribution in [0.1, 0.15) is 18.2 Å². The van der Waals surface area contributed by atoms with E-state index in [2.05, 4.69) is 41.5 Å². The fraction of sp³-hybridized carbons (Fsp3) is 0.308. The van der Waals surface area contributed by atoms with Crippen molar-refractivity contribution in [2.45, 2.75) is 20.4 Å². The Bertz CT molecular complexity index is 558. The molecule has 2 N–H and O–H groups in total. The van der Waals surface area contributed by atoms with Crippen molar-refractivity contribution in [1.29, 1.82) is 0 Å². The first kappa shape index (κ1) is 13.7. The first-order chi connectivity index (χ1) is 9.22. The van der Waals surface area contributed by atoms with Gasteiger partial charge in [0.2, 0.25) is 0 Å². The molecular formula is C13H16BrN5. The molecule has 0 fully saturated rings. The van der Waals surface area contributed by atoms with Gasteiger partial charge < -0.3 is 10.6 Å². The Labute approximate surface area is 121 Å². The summed E-state index contributed by atoms with van der Waals surface area (Å²) in [7, 11) is 0. The van der Waals surface area contributed by atoms with Gasteiger partial charge in [0.05, 0.1) is 12.2 Å². The summed E-state index contributed by atoms with van der Waals surface area (Å²) in [5.74, 6) is 1.55. The van der Waals surface area contributed by atoms with Crippen molar-refractivity contribution >= 4 is 27.6 Å². The molecule has 0 unspecified atom stereocenters. The molecule has 0 aliphatic rings. The summed E-state index contributed by atoms with van der Waals surface area (Å²) in [6.45, 7) is 5.52. The molecular weight excluding hydrogens is 306 g/mol. The van der Waals surface area contributed by atoms with E-state index in [-0.39, 0.29) is 0 Å². The Kier molecular flexibility index (Phi) is 4.68. The number of anilines is 2. The molecule has 0 spiro atoms. The highest BCUT2D eigenvalue weighted by Gasteiger charge is 2.08. The number of nitrogens with one attached hydrogen (secondary N) is 2. The Hall–Kier alpha value is -1.69. The molecule has 2 aromatic rings. The van der Waals surface area contributed by atoms with Crippen molar-refractivity contribution < 1.29 is 0 Å². The number of halogens is 1. The molecule has 0 aromatic carbocycles. The molecule has 0 aliphatic carbocycles. The van der Waals surface area contributed by atoms with Crippen molar-refractivity contribution in [3.63, 3.8) is 0 Å². The zero-order chi connectivity index (χ0) is 13.7. The van der Waals surface area contributed by atoms with Gasteiger partial charge in [-0.1, -0.05) is 6.07 Å². The van der Waals surface area contributed by atoms with Crippen molar-refractivity contribution in [2.75, 3.05) is 17.2 Å². The third-order valence-corrected chi connectivity index (χ3v) is 3.43. The third-order valence-electron chi connectivity index (χ3n) is 2.67. The number of pyridine rings is 1. The Balaban J connectivity index is 2.12. The van der Waals surface area contributed by atoms with E-state index in [4.69, 9.17) is 0 Å². The van der Waals surface area contributed by atoms with Gasteiger partial charge in [0.1, 0.15) is 22.4 Å². The lowest BCUT2D eigenvalue weighted by Crippen LogP contribution is -2.08. The van der Waals surface area contributed by atoms with Crippen LogP contribution in [-0.2, 0) is 6.54 Å². The lowest BCUT2D eigenvalue weighted by atomic mass is 10.2. The van der Waals surface area contributed by atoms with Gasteiger partial charge in [0, 0.05) is 12.7 Å². The zero-order valence-corrected chi connectivity index (χ0v) is 12.5. The summed E-state index contributed by atoms with van der Waals surface area (Å²) in [5, 5.41) is 6.44. The van der Waals surface area contributed by atoms with Gasteiger partial charge in [0.25, 0.3) is 0 Å². The van der Waals surface area contributed by atoms with Crippen LogP contribution < -0.4 is 10.6 Å². The molecule has 6 heteroatoms. The fourth-order valence-corrected chi connectivity index (χ4v) is 2.14. The van der Waals surface area contributed by atoms with Gasteiger partial charge in [-0.25, -0.2) is 9.97 Å². The van der Waals surface area contributed by atoms with Crippen molar-refractivity contribution in [2.24, 2.45) is 0 Å². The smallest absolute Gasteiger partial charge is 0.146 e. The van der Waals surface area contributed by atoms with Gasteiger partial charge in [-0.2, -0.15) is 0 Å². The molecule has 2 rings (SSSR count). The minimum absolute atomic E-state index is 0.633. The average Bonchev–Trinajstić information content (AvgIpc) is 2.42. The quantitative estimate of drug-likeness (QED) is 0.886. The number of aryl methyl sites for hydroxylation is 1. The molecule has 0 atom stereocenters. The van der Waals surface area contributed by atoms with Crippen LogP contribution in [0.15, 0.2) is 29.1 Å². The minimum Gasteiger partial charge on any atom is -0.369 e. The second-order valence-corrected chi connectivity index (χ2v) is 4.83. The number of hydrogen-bond donors (Lipinski definition) is 2. The molecule has 0 saturated heterocycles. The molecule has 0 amide bonds. The van der Waals surface area contributed by atoms with Crippen LogP contribution in [0.4, 0.5) is 11.6 Å². The number of rotatable bonds is 5. The maximum atomic E-state index is 4.34. The second-order valence-electron chi connectivity index (χ2n) is 4.04. The van der Waals surface area contributed by atoms with E-state index in [1.165, 1.54) is 6.33 Å². The lowest BCUT2D eigenvalue weighted by Gasteiger charge is -2.11. The first-order valence-electron chi connectivity index (χ1n) is 6.11. The number of nitrogens with zero attached hydrogens (tertiary/aromatic N) is 3. The Morgan fingerprint density at radius 2 is 1.89 bits per heavy atom. The van der Waals surface area contributed by atoms with Crippen LogP contribution >= 0.6 is 15.9 Å². The van der Waals surface area contributed by atoms with Crippen LogP contribution in [0.5, 0.6) is 0 Å². The van der Waals surface area contributed by atoms with E-state index in [1.54, 1.807) is 6.20 Å². The van der Waals surface area contributed by atoms with Crippen molar-refractivity contribution in [1.82, 2.24) is 15.0 Å². The molecule has 100 valence electrons. The van der Waals surface area contributed by atoms with Gasteiger partial charge in [-0.3, -0.25) is 4.98 Å². The maximum absolute atomic E-state index is 4.34. The van der Waals surface area contributed by atoms with Crippen LogP contribution in [-0.4, -0.2) is 21.5 Å². The van der Waals surface area contributed by atoms with Crippen LogP contribution in [0, 0.1) is 6.92 Å². The molecule has 2 aromatic heterocycles. The highest BCUT2D eigenvalue weighted by molar-refractivity contribution is 9.10. The van der Waals surface area contributed by atoms with Gasteiger partial charge in [-0.15, -0.1) is 0 Å². The van der Waals surface area contributed by atoms with Crippen molar-refractivity contribution in [3.8, 4) is 0 Å². The number of hydrogen-bond acceptors (Lipinski definition) is 5. The summed E-state index contributed by atoms with van der Waals surface area (Å²) in [6.07, 6.45) is 3.33. The largest absolute Gasteiger partial charge is 0.369 e. The highest BCUT2D eigenvalue weighted by Crippen LogP contribution is 2.26. The summed E-state index contributed by atoms with van der Waals surface area (Å²) in [6, 6.07) is 3.98. The average molecular weight is 322 g/mol. The van der Waals surface area contributed by atoms with E-state index in [0.29, 0.717) is 6.54 Å². The molecule has 19 heavy (non-hydrogen) atoms. The topological polar surface area (TPSA) is 62.7 Å². The van der Waals surface area contributed by atoms with Gasteiger partial charge in [0.15, 0.2) is 0 Å². The van der Waals surface area contributed by atoms with Crippen LogP contribution in [0.25, 0.3) is 0 Å². The first-order valence-corrected chi connectivity index (χ1v) is 6.90. The summed E-state index contributed by atoms with van der Waals surface area (Å²) < 4.78 is 0.838. The summed E-state index contributed by atoms with van der Waals surface area (Å²) >= 11 is 3.50. The predicted molar refractivity (Wildman–Crippen MR) is 80.2 cm³/mol. The lowest BCUT2D eigenvalue weighted by molar-refractivity contribution is 0.993. The monoisotopic (exact) mass is 321 g/mol. The van der Waals surface area contributed by atoms with E-state index in [9.17, 15) is 0 Å². The molecule has 0 bridgehead atoms. The highest BCUT2D eigenvalue weighted by atomic mass is 79.9. The Morgan fingerprint density at radius 3 is 2.58 bits per heavy atom. The van der Waals surface area contributed by atoms with Gasteiger partial charge >= 0.3 is 0 Å². The Morgan fingerprint density at radius 1 is 1.16 bits per heavy atom. The zero-order valence-electron chi connectivity index (χ0n) is 10.9. The second kappa shape index (κ2) is 6.47. The number of aromatic nitrogens is 3.